The molecule has 0 bridgehead atoms. The highest BCUT2D eigenvalue weighted by molar-refractivity contribution is 5.67. The first kappa shape index (κ1) is 8.57. The summed E-state index contributed by atoms with van der Waals surface area (Å²) in [5.74, 6) is 0.435. The highest BCUT2D eigenvalue weighted by atomic mass is 16.4. The second kappa shape index (κ2) is 3.74. The summed E-state index contributed by atoms with van der Waals surface area (Å²) >= 11 is 0. The maximum absolute atomic E-state index is 10.4. The van der Waals surface area contributed by atoms with Crippen molar-refractivity contribution in [3.05, 3.63) is 0 Å². The van der Waals surface area contributed by atoms with Gasteiger partial charge in [-0.25, -0.2) is 0 Å². The molecule has 1 N–H and O–H groups in total. The van der Waals surface area contributed by atoms with Crippen LogP contribution in [0.3, 0.4) is 0 Å². The molecule has 2 atom stereocenters. The molecule has 1 saturated carbocycles. The van der Waals surface area contributed by atoms with E-state index >= 15 is 0 Å². The van der Waals surface area contributed by atoms with E-state index in [9.17, 15) is 4.79 Å². The van der Waals surface area contributed by atoms with Crippen LogP contribution in [0.1, 0.15) is 39.0 Å². The van der Waals surface area contributed by atoms with E-state index in [0.717, 1.165) is 6.42 Å². The molecule has 1 aliphatic rings. The zero-order valence-electron chi connectivity index (χ0n) is 7.05. The van der Waals surface area contributed by atoms with Gasteiger partial charge in [0.1, 0.15) is 0 Å². The fourth-order valence-electron chi connectivity index (χ4n) is 1.92. The minimum absolute atomic E-state index is 0.376. The monoisotopic (exact) mass is 156 g/mol. The first-order valence-electron chi connectivity index (χ1n) is 4.42. The zero-order chi connectivity index (χ0) is 8.27. The van der Waals surface area contributed by atoms with Gasteiger partial charge in [-0.2, -0.15) is 0 Å². The molecule has 2 heteroatoms. The average Bonchev–Trinajstić information content (AvgIpc) is 1.93. The maximum Gasteiger partial charge on any atom is 0.303 e. The third kappa shape index (κ3) is 2.52. The van der Waals surface area contributed by atoms with E-state index in [2.05, 4.69) is 6.92 Å². The Hall–Kier alpha value is -0.530. The first-order chi connectivity index (χ1) is 5.20. The van der Waals surface area contributed by atoms with Gasteiger partial charge in [-0.05, 0) is 18.3 Å². The Kier molecular flexibility index (Phi) is 2.92. The summed E-state index contributed by atoms with van der Waals surface area (Å²) in [5.41, 5.74) is 0. The minimum Gasteiger partial charge on any atom is -0.481 e. The molecule has 11 heavy (non-hydrogen) atoms. The lowest BCUT2D eigenvalue weighted by atomic mass is 9.79. The van der Waals surface area contributed by atoms with Crippen LogP contribution in [0.4, 0.5) is 0 Å². The van der Waals surface area contributed by atoms with Gasteiger partial charge in [0.2, 0.25) is 0 Å². The molecular weight excluding hydrogens is 140 g/mol. The van der Waals surface area contributed by atoms with Gasteiger partial charge < -0.3 is 5.11 Å². The molecule has 0 amide bonds. The first-order valence-corrected chi connectivity index (χ1v) is 4.42. The number of carbonyl (C=O) groups is 1. The predicted molar refractivity (Wildman–Crippen MR) is 43.4 cm³/mol. The molecule has 64 valence electrons. The van der Waals surface area contributed by atoms with Crippen molar-refractivity contribution in [1.82, 2.24) is 0 Å². The lowest BCUT2D eigenvalue weighted by molar-refractivity contribution is -0.138. The number of hydrogen-bond donors (Lipinski definition) is 1. The van der Waals surface area contributed by atoms with Gasteiger partial charge in [0.05, 0.1) is 0 Å². The third-order valence-electron chi connectivity index (χ3n) is 2.73. The highest BCUT2D eigenvalue weighted by Crippen LogP contribution is 2.31. The second-order valence-corrected chi connectivity index (χ2v) is 3.62. The molecule has 2 nitrogen and oxygen atoms in total. The van der Waals surface area contributed by atoms with Crippen LogP contribution in [-0.4, -0.2) is 11.1 Å². The number of carboxylic acids is 1. The van der Waals surface area contributed by atoms with Gasteiger partial charge in [0, 0.05) is 6.42 Å². The Morgan fingerprint density at radius 2 is 2.09 bits per heavy atom. The third-order valence-corrected chi connectivity index (χ3v) is 2.73. The van der Waals surface area contributed by atoms with Gasteiger partial charge in [0.15, 0.2) is 0 Å². The van der Waals surface area contributed by atoms with E-state index < -0.39 is 5.97 Å². The van der Waals surface area contributed by atoms with E-state index in [1.54, 1.807) is 0 Å². The molecule has 0 radical (unpaired) electrons. The molecule has 1 aliphatic carbocycles. The second-order valence-electron chi connectivity index (χ2n) is 3.62. The Morgan fingerprint density at radius 3 is 2.64 bits per heavy atom. The molecule has 0 saturated heterocycles. The Bertz CT molecular complexity index is 142. The van der Waals surface area contributed by atoms with E-state index in [0.29, 0.717) is 18.3 Å². The topological polar surface area (TPSA) is 37.3 Å². The maximum atomic E-state index is 10.4. The Labute approximate surface area is 67.6 Å². The zero-order valence-corrected chi connectivity index (χ0v) is 7.05. The molecule has 0 aromatic heterocycles. The SMILES string of the molecule is CC1CCCCC1CC(=O)O. The van der Waals surface area contributed by atoms with Gasteiger partial charge in [-0.1, -0.05) is 26.2 Å². The fraction of sp³-hybridized carbons (Fsp3) is 0.889. The van der Waals surface area contributed by atoms with Crippen LogP contribution in [0.15, 0.2) is 0 Å². The van der Waals surface area contributed by atoms with E-state index in [1.165, 1.54) is 19.3 Å². The molecule has 1 rings (SSSR count). The lowest BCUT2D eigenvalue weighted by Crippen LogP contribution is -2.19. The summed E-state index contributed by atoms with van der Waals surface area (Å²) in [6.45, 7) is 2.17. The average molecular weight is 156 g/mol. The smallest absolute Gasteiger partial charge is 0.303 e. The molecule has 0 aromatic carbocycles. The number of hydrogen-bond acceptors (Lipinski definition) is 1. The number of carboxylic acid groups (broad SMARTS) is 1. The van der Waals surface area contributed by atoms with Crippen LogP contribution >= 0.6 is 0 Å². The normalized spacial score (nSPS) is 31.7. The Morgan fingerprint density at radius 1 is 1.45 bits per heavy atom. The Balaban J connectivity index is 2.35. The standard InChI is InChI=1S/C9H16O2/c1-7-4-2-3-5-8(7)6-9(10)11/h7-8H,2-6H2,1H3,(H,10,11). The molecule has 1 fully saturated rings. The molecule has 0 spiro atoms. The van der Waals surface area contributed by atoms with Crippen LogP contribution in [0.25, 0.3) is 0 Å². The quantitative estimate of drug-likeness (QED) is 0.666. The summed E-state index contributed by atoms with van der Waals surface area (Å²) in [6.07, 6.45) is 5.23. The van der Waals surface area contributed by atoms with Gasteiger partial charge >= 0.3 is 5.97 Å². The van der Waals surface area contributed by atoms with E-state index in [-0.39, 0.29) is 0 Å². The summed E-state index contributed by atoms with van der Waals surface area (Å²) in [6, 6.07) is 0. The van der Waals surface area contributed by atoms with Gasteiger partial charge in [-0.3, -0.25) is 4.79 Å². The van der Waals surface area contributed by atoms with Crippen LogP contribution in [0.5, 0.6) is 0 Å². The lowest BCUT2D eigenvalue weighted by Gasteiger charge is -2.27. The van der Waals surface area contributed by atoms with Crippen molar-refractivity contribution in [3.8, 4) is 0 Å². The highest BCUT2D eigenvalue weighted by Gasteiger charge is 2.22. The predicted octanol–water partition coefficient (Wildman–Crippen LogP) is 2.29. The summed E-state index contributed by atoms with van der Waals surface area (Å²) in [4.78, 5) is 10.4. The van der Waals surface area contributed by atoms with Crippen molar-refractivity contribution in [2.45, 2.75) is 39.0 Å². The van der Waals surface area contributed by atoms with Crippen LogP contribution < -0.4 is 0 Å². The number of rotatable bonds is 2. The van der Waals surface area contributed by atoms with Crippen molar-refractivity contribution >= 4 is 5.97 Å². The molecule has 0 aliphatic heterocycles. The van der Waals surface area contributed by atoms with Crippen LogP contribution in [0.2, 0.25) is 0 Å². The molecule has 2 unspecified atom stereocenters. The molecular formula is C9H16O2. The largest absolute Gasteiger partial charge is 0.481 e. The molecule has 0 aromatic rings. The number of aliphatic carboxylic acids is 1. The fourth-order valence-corrected chi connectivity index (χ4v) is 1.92. The summed E-state index contributed by atoms with van der Waals surface area (Å²) < 4.78 is 0. The van der Waals surface area contributed by atoms with Crippen molar-refractivity contribution in [2.24, 2.45) is 11.8 Å². The van der Waals surface area contributed by atoms with Crippen molar-refractivity contribution in [1.29, 1.82) is 0 Å². The summed E-state index contributed by atoms with van der Waals surface area (Å²) in [5, 5.41) is 8.58. The van der Waals surface area contributed by atoms with Crippen LogP contribution in [0, 0.1) is 11.8 Å². The van der Waals surface area contributed by atoms with E-state index in [4.69, 9.17) is 5.11 Å². The van der Waals surface area contributed by atoms with Gasteiger partial charge in [0.25, 0.3) is 0 Å². The van der Waals surface area contributed by atoms with Crippen molar-refractivity contribution < 1.29 is 9.90 Å². The van der Waals surface area contributed by atoms with E-state index in [1.807, 2.05) is 0 Å². The summed E-state index contributed by atoms with van der Waals surface area (Å²) in [7, 11) is 0. The minimum atomic E-state index is -0.635. The van der Waals surface area contributed by atoms with Crippen molar-refractivity contribution in [3.63, 3.8) is 0 Å². The van der Waals surface area contributed by atoms with Crippen LogP contribution in [-0.2, 0) is 4.79 Å². The van der Waals surface area contributed by atoms with Gasteiger partial charge in [-0.15, -0.1) is 0 Å². The molecule has 0 heterocycles. The van der Waals surface area contributed by atoms with Crippen molar-refractivity contribution in [2.75, 3.05) is 0 Å².